The van der Waals surface area contributed by atoms with Crippen LogP contribution in [0.5, 0.6) is 0 Å². The number of halogens is 4. The van der Waals surface area contributed by atoms with Crippen LogP contribution in [0.25, 0.3) is 0 Å². The molecule has 0 aromatic heterocycles. The Morgan fingerprint density at radius 2 is 2.11 bits per heavy atom. The van der Waals surface area contributed by atoms with E-state index in [2.05, 4.69) is 10.6 Å². The normalized spacial score (nSPS) is 22.5. The lowest BCUT2D eigenvalue weighted by molar-refractivity contribution is -0.113. The fourth-order valence-electron chi connectivity index (χ4n) is 5.65. The molecule has 1 aromatic rings. The summed E-state index contributed by atoms with van der Waals surface area (Å²) < 4.78 is 46.8. The van der Waals surface area contributed by atoms with Crippen molar-refractivity contribution in [3.8, 4) is 0 Å². The number of alkyl halides is 2. The lowest BCUT2D eigenvalue weighted by atomic mass is 9.74. The van der Waals surface area contributed by atoms with Crippen LogP contribution in [0.1, 0.15) is 56.9 Å². The predicted octanol–water partition coefficient (Wildman–Crippen LogP) is 4.93. The number of benzene rings is 1. The summed E-state index contributed by atoms with van der Waals surface area (Å²) in [5.41, 5.74) is -1.34. The number of rotatable bonds is 12. The van der Waals surface area contributed by atoms with Crippen LogP contribution in [-0.2, 0) is 10.3 Å². The summed E-state index contributed by atoms with van der Waals surface area (Å²) in [7, 11) is 3.37. The number of nitrogens with one attached hydrogen (secondary N) is 2. The number of likely N-dealkylation sites (tertiary alicyclic amines) is 1. The molecule has 1 aliphatic heterocycles. The Morgan fingerprint density at radius 1 is 1.36 bits per heavy atom. The van der Waals surface area contributed by atoms with E-state index in [0.717, 1.165) is 0 Å². The fourth-order valence-corrected chi connectivity index (χ4v) is 5.82. The Bertz CT molecular complexity index is 870. The van der Waals surface area contributed by atoms with E-state index in [1.54, 1.807) is 31.2 Å². The van der Waals surface area contributed by atoms with Gasteiger partial charge >= 0.3 is 6.03 Å². The molecular formula is C26H39ClF3N3O3. The molecule has 10 heteroatoms. The van der Waals surface area contributed by atoms with Gasteiger partial charge in [0.1, 0.15) is 5.82 Å². The van der Waals surface area contributed by atoms with Crippen molar-refractivity contribution in [1.82, 2.24) is 15.5 Å². The number of hydrogen-bond donors (Lipinski definition) is 3. The number of unbranched alkanes of at least 4 members (excludes halogenated alkanes) is 1. The maximum Gasteiger partial charge on any atom is 0.317 e. The minimum absolute atomic E-state index is 0.0512. The molecule has 1 aliphatic carbocycles. The minimum atomic E-state index is -2.59. The number of urea groups is 1. The summed E-state index contributed by atoms with van der Waals surface area (Å²) in [6.07, 6.45) is 3.13. The molecule has 2 amide bonds. The van der Waals surface area contributed by atoms with Crippen molar-refractivity contribution in [2.75, 3.05) is 40.4 Å². The standard InChI is InChI=1S/C26H39ClF3N3O3/c1-31-16-20(13-18-14-25(29,30)15-18)32-24(34)33-11-6-7-19(17-33)26(35,10-3-4-12-36-2)21-8-5-9-22(27)23(21)28/h5,8-9,18-20,31,35H,3-4,6-7,10-17H2,1-2H3,(H,32,34). The van der Waals surface area contributed by atoms with Crippen molar-refractivity contribution in [2.45, 2.75) is 68.9 Å². The van der Waals surface area contributed by atoms with E-state index >= 15 is 4.39 Å². The van der Waals surface area contributed by atoms with Gasteiger partial charge in [-0.05, 0) is 57.6 Å². The Kier molecular flexibility index (Phi) is 10.3. The smallest absolute Gasteiger partial charge is 0.317 e. The number of piperidine rings is 1. The molecular weight excluding hydrogens is 495 g/mol. The van der Waals surface area contributed by atoms with Crippen molar-refractivity contribution < 1.29 is 27.8 Å². The number of methoxy groups -OCH3 is 1. The van der Waals surface area contributed by atoms with Gasteiger partial charge in [-0.15, -0.1) is 0 Å². The van der Waals surface area contributed by atoms with E-state index in [-0.39, 0.29) is 53.9 Å². The van der Waals surface area contributed by atoms with Crippen LogP contribution in [0.4, 0.5) is 18.0 Å². The number of likely N-dealkylation sites (N-methyl/N-ethyl adjacent to an activating group) is 1. The Morgan fingerprint density at radius 3 is 2.78 bits per heavy atom. The average Bonchev–Trinajstić information content (AvgIpc) is 2.82. The van der Waals surface area contributed by atoms with Gasteiger partial charge in [0, 0.05) is 63.7 Å². The largest absolute Gasteiger partial charge is 0.385 e. The van der Waals surface area contributed by atoms with E-state index in [9.17, 15) is 18.7 Å². The highest BCUT2D eigenvalue weighted by Crippen LogP contribution is 2.45. The van der Waals surface area contributed by atoms with Crippen molar-refractivity contribution in [3.05, 3.63) is 34.6 Å². The lowest BCUT2D eigenvalue weighted by Gasteiger charge is -2.43. The van der Waals surface area contributed by atoms with Gasteiger partial charge in [0.25, 0.3) is 0 Å². The zero-order chi connectivity index (χ0) is 26.3. The van der Waals surface area contributed by atoms with Gasteiger partial charge in [-0.2, -0.15) is 0 Å². The van der Waals surface area contributed by atoms with Gasteiger partial charge in [0.05, 0.1) is 10.6 Å². The topological polar surface area (TPSA) is 73.8 Å². The van der Waals surface area contributed by atoms with Crippen LogP contribution >= 0.6 is 11.6 Å². The highest BCUT2D eigenvalue weighted by molar-refractivity contribution is 6.30. The van der Waals surface area contributed by atoms with E-state index in [1.165, 1.54) is 6.07 Å². The molecule has 0 bridgehead atoms. The maximum atomic E-state index is 15.1. The van der Waals surface area contributed by atoms with Crippen LogP contribution in [0.3, 0.4) is 0 Å². The molecule has 36 heavy (non-hydrogen) atoms. The van der Waals surface area contributed by atoms with Gasteiger partial charge in [-0.25, -0.2) is 18.0 Å². The Labute approximate surface area is 216 Å². The molecule has 0 spiro atoms. The first-order chi connectivity index (χ1) is 17.1. The third-order valence-corrected chi connectivity index (χ3v) is 7.82. The number of hydrogen-bond acceptors (Lipinski definition) is 4. The molecule has 3 atom stereocenters. The summed E-state index contributed by atoms with van der Waals surface area (Å²) in [4.78, 5) is 14.8. The second kappa shape index (κ2) is 12.8. The minimum Gasteiger partial charge on any atom is -0.385 e. The average molecular weight is 534 g/mol. The number of nitrogens with zero attached hydrogens (tertiary/aromatic N) is 1. The van der Waals surface area contributed by atoms with E-state index in [0.29, 0.717) is 58.2 Å². The van der Waals surface area contributed by atoms with Gasteiger partial charge in [-0.1, -0.05) is 23.7 Å². The zero-order valence-corrected chi connectivity index (χ0v) is 21.9. The zero-order valence-electron chi connectivity index (χ0n) is 21.2. The highest BCUT2D eigenvalue weighted by Gasteiger charge is 2.46. The van der Waals surface area contributed by atoms with Crippen LogP contribution in [-0.4, -0.2) is 68.4 Å². The quantitative estimate of drug-likeness (QED) is 0.333. The fraction of sp³-hybridized carbons (Fsp3) is 0.731. The Hall–Kier alpha value is -1.55. The second-order valence-corrected chi connectivity index (χ2v) is 10.7. The molecule has 6 nitrogen and oxygen atoms in total. The van der Waals surface area contributed by atoms with Crippen molar-refractivity contribution in [2.24, 2.45) is 11.8 Å². The number of amides is 2. The molecule has 3 unspecified atom stereocenters. The number of ether oxygens (including phenoxy) is 1. The van der Waals surface area contributed by atoms with Gasteiger partial charge < -0.3 is 25.4 Å². The summed E-state index contributed by atoms with van der Waals surface area (Å²) >= 11 is 6.05. The van der Waals surface area contributed by atoms with E-state index in [4.69, 9.17) is 16.3 Å². The molecule has 204 valence electrons. The number of aliphatic hydroxyl groups is 1. The summed E-state index contributed by atoms with van der Waals surface area (Å²) in [6, 6.07) is 4.07. The van der Waals surface area contributed by atoms with Crippen LogP contribution in [0.15, 0.2) is 18.2 Å². The summed E-state index contributed by atoms with van der Waals surface area (Å²) in [5, 5.41) is 17.9. The first-order valence-electron chi connectivity index (χ1n) is 12.8. The summed E-state index contributed by atoms with van der Waals surface area (Å²) in [5.74, 6) is -3.74. The van der Waals surface area contributed by atoms with Crippen LogP contribution in [0.2, 0.25) is 5.02 Å². The molecule has 1 saturated carbocycles. The first-order valence-corrected chi connectivity index (χ1v) is 13.2. The molecule has 3 N–H and O–H groups in total. The molecule has 1 saturated heterocycles. The molecule has 3 rings (SSSR count). The van der Waals surface area contributed by atoms with Crippen molar-refractivity contribution in [1.29, 1.82) is 0 Å². The number of carbonyl (C=O) groups is 1. The predicted molar refractivity (Wildman–Crippen MR) is 134 cm³/mol. The van der Waals surface area contributed by atoms with E-state index in [1.807, 2.05) is 0 Å². The van der Waals surface area contributed by atoms with Gasteiger partial charge in [0.15, 0.2) is 0 Å². The van der Waals surface area contributed by atoms with Crippen molar-refractivity contribution in [3.63, 3.8) is 0 Å². The van der Waals surface area contributed by atoms with Crippen molar-refractivity contribution >= 4 is 17.6 Å². The third-order valence-electron chi connectivity index (χ3n) is 7.53. The molecule has 1 aromatic carbocycles. The maximum absolute atomic E-state index is 15.1. The third kappa shape index (κ3) is 7.27. The lowest BCUT2D eigenvalue weighted by Crippen LogP contribution is -2.54. The first kappa shape index (κ1) is 29.0. The molecule has 2 fully saturated rings. The van der Waals surface area contributed by atoms with Gasteiger partial charge in [0.2, 0.25) is 5.92 Å². The number of carbonyl (C=O) groups excluding carboxylic acids is 1. The second-order valence-electron chi connectivity index (χ2n) is 10.3. The molecule has 1 heterocycles. The summed E-state index contributed by atoms with van der Waals surface area (Å²) in [6.45, 7) is 1.77. The van der Waals surface area contributed by atoms with Crippen LogP contribution < -0.4 is 10.6 Å². The van der Waals surface area contributed by atoms with Crippen LogP contribution in [0, 0.1) is 17.7 Å². The Balaban J connectivity index is 1.71. The molecule has 0 radical (unpaired) electrons. The van der Waals surface area contributed by atoms with Gasteiger partial charge in [-0.3, -0.25) is 0 Å². The SMILES string of the molecule is CNCC(CC1CC(F)(F)C1)NC(=O)N1CCCC(C(O)(CCCCOC)c2cccc(Cl)c2F)C1. The molecule has 2 aliphatic rings. The van der Waals surface area contributed by atoms with E-state index < -0.39 is 17.3 Å². The highest BCUT2D eigenvalue weighted by atomic mass is 35.5. The monoisotopic (exact) mass is 533 g/mol.